The lowest BCUT2D eigenvalue weighted by Crippen LogP contribution is -2.51. The molecule has 1 aliphatic rings. The van der Waals surface area contributed by atoms with Crippen molar-refractivity contribution in [2.24, 2.45) is 0 Å². The first-order valence-electron chi connectivity index (χ1n) is 8.71. The molecule has 146 valence electrons. The minimum absolute atomic E-state index is 0.0215. The topological polar surface area (TPSA) is 69.7 Å². The standard InChI is InChI=1S/C17H25Cl2N3O3S/c1-3-4-13(2)20-17(23)12-21-7-9-22(10-8-21)26(24,25)14-5-6-15(18)16(19)11-14/h5-6,11,13H,3-4,7-10,12H2,1-2H3,(H,20,23)/t13-/m0/s1. The lowest BCUT2D eigenvalue weighted by Gasteiger charge is -2.33. The van der Waals surface area contributed by atoms with Gasteiger partial charge in [0.25, 0.3) is 0 Å². The zero-order chi connectivity index (χ0) is 19.3. The summed E-state index contributed by atoms with van der Waals surface area (Å²) in [4.78, 5) is 14.2. The Hall–Kier alpha value is -0.860. The Kier molecular flexibility index (Phi) is 7.73. The largest absolute Gasteiger partial charge is 0.353 e. The molecule has 0 radical (unpaired) electrons. The van der Waals surface area contributed by atoms with Gasteiger partial charge in [0.2, 0.25) is 15.9 Å². The molecular formula is C17H25Cl2N3O3S. The number of nitrogens with zero attached hydrogens (tertiary/aromatic N) is 2. The van der Waals surface area contributed by atoms with Gasteiger partial charge < -0.3 is 5.32 Å². The van der Waals surface area contributed by atoms with Crippen LogP contribution in [0.5, 0.6) is 0 Å². The van der Waals surface area contributed by atoms with E-state index >= 15 is 0 Å². The highest BCUT2D eigenvalue weighted by atomic mass is 35.5. The van der Waals surface area contributed by atoms with Crippen molar-refractivity contribution < 1.29 is 13.2 Å². The third kappa shape index (κ3) is 5.57. The fourth-order valence-corrected chi connectivity index (χ4v) is 4.75. The van der Waals surface area contributed by atoms with Gasteiger partial charge in [-0.25, -0.2) is 8.42 Å². The lowest BCUT2D eigenvalue weighted by atomic mass is 10.2. The van der Waals surface area contributed by atoms with Gasteiger partial charge in [0.1, 0.15) is 0 Å². The summed E-state index contributed by atoms with van der Waals surface area (Å²) in [6.07, 6.45) is 1.97. The van der Waals surface area contributed by atoms with Crippen LogP contribution in [0.25, 0.3) is 0 Å². The number of hydrogen-bond acceptors (Lipinski definition) is 4. The van der Waals surface area contributed by atoms with Crippen LogP contribution in [0.3, 0.4) is 0 Å². The van der Waals surface area contributed by atoms with Gasteiger partial charge in [-0.1, -0.05) is 36.5 Å². The van der Waals surface area contributed by atoms with Gasteiger partial charge in [-0.05, 0) is 31.5 Å². The molecule has 0 aliphatic carbocycles. The van der Waals surface area contributed by atoms with Crippen LogP contribution in [0.15, 0.2) is 23.1 Å². The highest BCUT2D eigenvalue weighted by molar-refractivity contribution is 7.89. The van der Waals surface area contributed by atoms with Crippen LogP contribution >= 0.6 is 23.2 Å². The Morgan fingerprint density at radius 1 is 1.19 bits per heavy atom. The predicted molar refractivity (Wildman–Crippen MR) is 104 cm³/mol. The number of amides is 1. The second-order valence-electron chi connectivity index (χ2n) is 6.51. The van der Waals surface area contributed by atoms with Crippen molar-refractivity contribution in [3.05, 3.63) is 28.2 Å². The van der Waals surface area contributed by atoms with E-state index in [0.717, 1.165) is 12.8 Å². The Morgan fingerprint density at radius 2 is 1.85 bits per heavy atom. The van der Waals surface area contributed by atoms with E-state index < -0.39 is 10.0 Å². The first-order chi connectivity index (χ1) is 12.2. The summed E-state index contributed by atoms with van der Waals surface area (Å²) in [7, 11) is -3.62. The van der Waals surface area contributed by atoms with Crippen LogP contribution < -0.4 is 5.32 Å². The molecule has 9 heteroatoms. The van der Waals surface area contributed by atoms with Crippen molar-refractivity contribution in [1.29, 1.82) is 0 Å². The van der Waals surface area contributed by atoms with Crippen LogP contribution in [-0.4, -0.2) is 62.3 Å². The molecule has 1 saturated heterocycles. The van der Waals surface area contributed by atoms with Gasteiger partial charge in [0.05, 0.1) is 21.5 Å². The highest BCUT2D eigenvalue weighted by Crippen LogP contribution is 2.26. The van der Waals surface area contributed by atoms with Crippen LogP contribution in [0.1, 0.15) is 26.7 Å². The summed E-state index contributed by atoms with van der Waals surface area (Å²) in [5.74, 6) is -0.0215. The van der Waals surface area contributed by atoms with Gasteiger partial charge in [-0.3, -0.25) is 9.69 Å². The smallest absolute Gasteiger partial charge is 0.243 e. The molecule has 6 nitrogen and oxygen atoms in total. The molecule has 2 rings (SSSR count). The van der Waals surface area contributed by atoms with Crippen LogP contribution in [0, 0.1) is 0 Å². The molecule has 1 heterocycles. The van der Waals surface area contributed by atoms with E-state index in [2.05, 4.69) is 12.2 Å². The van der Waals surface area contributed by atoms with E-state index in [1.807, 2.05) is 11.8 Å². The number of carbonyl (C=O) groups excluding carboxylic acids is 1. The van der Waals surface area contributed by atoms with E-state index in [-0.39, 0.29) is 28.4 Å². The predicted octanol–water partition coefficient (Wildman–Crippen LogP) is 2.60. The maximum Gasteiger partial charge on any atom is 0.243 e. The molecule has 0 spiro atoms. The van der Waals surface area contributed by atoms with Crippen molar-refractivity contribution in [2.45, 2.75) is 37.6 Å². The molecule has 1 fully saturated rings. The van der Waals surface area contributed by atoms with E-state index in [1.165, 1.54) is 22.5 Å². The molecule has 1 N–H and O–H groups in total. The van der Waals surface area contributed by atoms with Crippen LogP contribution in [-0.2, 0) is 14.8 Å². The number of rotatable bonds is 7. The third-order valence-electron chi connectivity index (χ3n) is 4.36. The summed E-state index contributed by atoms with van der Waals surface area (Å²) < 4.78 is 26.9. The minimum Gasteiger partial charge on any atom is -0.353 e. The van der Waals surface area contributed by atoms with E-state index in [9.17, 15) is 13.2 Å². The van der Waals surface area contributed by atoms with Gasteiger partial charge in [0, 0.05) is 32.2 Å². The fourth-order valence-electron chi connectivity index (χ4n) is 2.94. The Labute approximate surface area is 165 Å². The zero-order valence-corrected chi connectivity index (χ0v) is 17.4. The maximum absolute atomic E-state index is 12.7. The second kappa shape index (κ2) is 9.37. The van der Waals surface area contributed by atoms with Gasteiger partial charge >= 0.3 is 0 Å². The van der Waals surface area contributed by atoms with Gasteiger partial charge in [-0.2, -0.15) is 4.31 Å². The second-order valence-corrected chi connectivity index (χ2v) is 9.27. The molecule has 0 unspecified atom stereocenters. The minimum atomic E-state index is -3.62. The average Bonchev–Trinajstić information content (AvgIpc) is 2.57. The number of piperazine rings is 1. The molecular weight excluding hydrogens is 397 g/mol. The first-order valence-corrected chi connectivity index (χ1v) is 10.9. The Bertz CT molecular complexity index is 735. The average molecular weight is 422 g/mol. The number of carbonyl (C=O) groups is 1. The number of sulfonamides is 1. The van der Waals surface area contributed by atoms with Crippen molar-refractivity contribution in [3.8, 4) is 0 Å². The number of benzene rings is 1. The number of halogens is 2. The molecule has 0 aromatic heterocycles. The fraction of sp³-hybridized carbons (Fsp3) is 0.588. The molecule has 1 aromatic rings. The molecule has 0 saturated carbocycles. The molecule has 1 atom stereocenters. The molecule has 1 aliphatic heterocycles. The summed E-state index contributed by atoms with van der Waals surface area (Å²) >= 11 is 11.8. The monoisotopic (exact) mass is 421 g/mol. The maximum atomic E-state index is 12.7. The summed E-state index contributed by atoms with van der Waals surface area (Å²) in [5, 5.41) is 3.50. The first kappa shape index (κ1) is 21.4. The Balaban J connectivity index is 1.91. The van der Waals surface area contributed by atoms with Crippen molar-refractivity contribution >= 4 is 39.1 Å². The van der Waals surface area contributed by atoms with Gasteiger partial charge in [-0.15, -0.1) is 0 Å². The third-order valence-corrected chi connectivity index (χ3v) is 6.99. The SMILES string of the molecule is CCC[C@H](C)NC(=O)CN1CCN(S(=O)(=O)c2ccc(Cl)c(Cl)c2)CC1. The van der Waals surface area contributed by atoms with E-state index in [0.29, 0.717) is 31.2 Å². The van der Waals surface area contributed by atoms with E-state index in [1.54, 1.807) is 0 Å². The summed E-state index contributed by atoms with van der Waals surface area (Å²) in [6.45, 7) is 6.04. The van der Waals surface area contributed by atoms with Crippen LogP contribution in [0.2, 0.25) is 10.0 Å². The van der Waals surface area contributed by atoms with Crippen molar-refractivity contribution in [1.82, 2.24) is 14.5 Å². The highest BCUT2D eigenvalue weighted by Gasteiger charge is 2.29. The normalized spacial score (nSPS) is 17.8. The summed E-state index contributed by atoms with van der Waals surface area (Å²) in [6, 6.07) is 4.46. The Morgan fingerprint density at radius 3 is 2.42 bits per heavy atom. The quantitative estimate of drug-likeness (QED) is 0.734. The summed E-state index contributed by atoms with van der Waals surface area (Å²) in [5.41, 5.74) is 0. The van der Waals surface area contributed by atoms with Gasteiger partial charge in [0.15, 0.2) is 0 Å². The van der Waals surface area contributed by atoms with Crippen molar-refractivity contribution in [3.63, 3.8) is 0 Å². The van der Waals surface area contributed by atoms with Crippen molar-refractivity contribution in [2.75, 3.05) is 32.7 Å². The number of nitrogens with one attached hydrogen (secondary N) is 1. The zero-order valence-electron chi connectivity index (χ0n) is 15.0. The van der Waals surface area contributed by atoms with E-state index in [4.69, 9.17) is 23.2 Å². The molecule has 26 heavy (non-hydrogen) atoms. The molecule has 1 aromatic carbocycles. The lowest BCUT2D eigenvalue weighted by molar-refractivity contribution is -0.123. The molecule has 0 bridgehead atoms. The number of hydrogen-bond donors (Lipinski definition) is 1. The molecule has 1 amide bonds. The van der Waals surface area contributed by atoms with Crippen LogP contribution in [0.4, 0.5) is 0 Å².